The van der Waals surface area contributed by atoms with Crippen LogP contribution in [0.15, 0.2) is 24.3 Å². The van der Waals surface area contributed by atoms with E-state index in [4.69, 9.17) is 4.74 Å². The van der Waals surface area contributed by atoms with E-state index < -0.39 is 17.6 Å². The molecule has 0 atom stereocenters. The Morgan fingerprint density at radius 3 is 2.48 bits per heavy atom. The summed E-state index contributed by atoms with van der Waals surface area (Å²) in [6, 6.07) is 6.19. The van der Waals surface area contributed by atoms with Gasteiger partial charge in [-0.05, 0) is 52.8 Å². The number of phenols is 1. The number of benzene rings is 1. The summed E-state index contributed by atoms with van der Waals surface area (Å²) in [6.07, 6.45) is -0.660. The van der Waals surface area contributed by atoms with Crippen molar-refractivity contribution in [2.75, 3.05) is 0 Å². The number of aromatic hydroxyl groups is 1. The Morgan fingerprint density at radius 1 is 1.26 bits per heavy atom. The van der Waals surface area contributed by atoms with Gasteiger partial charge in [-0.15, -0.1) is 0 Å². The molecule has 0 radical (unpaired) electrons. The highest BCUT2D eigenvalue weighted by Crippen LogP contribution is 2.28. The number of carbonyl (C=O) groups excluding carboxylic acids is 2. The minimum Gasteiger partial charge on any atom is -0.507 e. The molecule has 0 saturated heterocycles. The maximum absolute atomic E-state index is 12.5. The van der Waals surface area contributed by atoms with Crippen molar-refractivity contribution in [3.8, 4) is 5.75 Å². The molecular weight excluding hydrogens is 296 g/mol. The van der Waals surface area contributed by atoms with Crippen molar-refractivity contribution in [3.05, 3.63) is 30.0 Å². The number of fused-ring (bicyclic) bond motifs is 1. The molecule has 23 heavy (non-hydrogen) atoms. The van der Waals surface area contributed by atoms with Gasteiger partial charge in [0.05, 0.1) is 5.52 Å². The van der Waals surface area contributed by atoms with E-state index in [0.29, 0.717) is 10.9 Å². The number of rotatable bonds is 2. The van der Waals surface area contributed by atoms with Crippen LogP contribution in [0.1, 0.15) is 45.1 Å². The first-order chi connectivity index (χ1) is 10.6. The number of amides is 1. The first-order valence-corrected chi connectivity index (χ1v) is 7.48. The SMILES string of the molecule is CC(C)NC(=O)c1cc2c(O)cccc2n1C(=O)OC(C)(C)C. The number of nitrogens with one attached hydrogen (secondary N) is 1. The van der Waals surface area contributed by atoms with Crippen molar-refractivity contribution in [1.82, 2.24) is 9.88 Å². The van der Waals surface area contributed by atoms with Crippen molar-refractivity contribution in [2.45, 2.75) is 46.3 Å². The lowest BCUT2D eigenvalue weighted by Crippen LogP contribution is -2.34. The van der Waals surface area contributed by atoms with Crippen molar-refractivity contribution in [2.24, 2.45) is 0 Å². The zero-order valence-corrected chi connectivity index (χ0v) is 14.0. The van der Waals surface area contributed by atoms with Gasteiger partial charge in [0.15, 0.2) is 0 Å². The molecule has 0 unspecified atom stereocenters. The van der Waals surface area contributed by atoms with Crippen LogP contribution in [0.5, 0.6) is 5.75 Å². The Hall–Kier alpha value is -2.50. The van der Waals surface area contributed by atoms with Gasteiger partial charge < -0.3 is 15.2 Å². The van der Waals surface area contributed by atoms with E-state index in [-0.39, 0.29) is 17.5 Å². The summed E-state index contributed by atoms with van der Waals surface area (Å²) in [5.74, 6) is -0.398. The van der Waals surface area contributed by atoms with E-state index in [1.807, 2.05) is 13.8 Å². The molecule has 6 heteroatoms. The number of aromatic nitrogens is 1. The summed E-state index contributed by atoms with van der Waals surface area (Å²) in [6.45, 7) is 8.91. The van der Waals surface area contributed by atoms with Crippen LogP contribution in [0, 0.1) is 0 Å². The number of phenolic OH excluding ortho intramolecular Hbond substituents is 1. The monoisotopic (exact) mass is 318 g/mol. The molecule has 6 nitrogen and oxygen atoms in total. The molecule has 1 aromatic carbocycles. The van der Waals surface area contributed by atoms with Crippen molar-refractivity contribution >= 4 is 22.9 Å². The lowest BCUT2D eigenvalue weighted by molar-refractivity contribution is 0.0533. The molecule has 0 spiro atoms. The summed E-state index contributed by atoms with van der Waals surface area (Å²) in [5.41, 5.74) is -0.145. The van der Waals surface area contributed by atoms with Crippen LogP contribution >= 0.6 is 0 Å². The van der Waals surface area contributed by atoms with Crippen molar-refractivity contribution in [3.63, 3.8) is 0 Å². The molecule has 124 valence electrons. The van der Waals surface area contributed by atoms with Gasteiger partial charge in [0.25, 0.3) is 5.91 Å². The van der Waals surface area contributed by atoms with Gasteiger partial charge in [-0.25, -0.2) is 9.36 Å². The molecule has 2 aromatic rings. The van der Waals surface area contributed by atoms with Gasteiger partial charge in [0.2, 0.25) is 0 Å². The van der Waals surface area contributed by atoms with Crippen LogP contribution < -0.4 is 5.32 Å². The van der Waals surface area contributed by atoms with E-state index in [1.54, 1.807) is 32.9 Å². The molecule has 1 heterocycles. The van der Waals surface area contributed by atoms with Gasteiger partial charge in [-0.3, -0.25) is 4.79 Å². The van der Waals surface area contributed by atoms with Crippen molar-refractivity contribution < 1.29 is 19.4 Å². The Labute approximate surface area is 135 Å². The second kappa shape index (κ2) is 5.95. The fourth-order valence-corrected chi connectivity index (χ4v) is 2.22. The number of hydrogen-bond donors (Lipinski definition) is 2. The smallest absolute Gasteiger partial charge is 0.419 e. The molecule has 0 aliphatic heterocycles. The summed E-state index contributed by atoms with van der Waals surface area (Å²) in [4.78, 5) is 24.9. The quantitative estimate of drug-likeness (QED) is 0.890. The van der Waals surface area contributed by atoms with Crippen LogP contribution in [-0.2, 0) is 4.74 Å². The minimum atomic E-state index is -0.698. The Morgan fingerprint density at radius 2 is 1.91 bits per heavy atom. The first-order valence-electron chi connectivity index (χ1n) is 7.48. The Kier molecular flexibility index (Phi) is 4.36. The van der Waals surface area contributed by atoms with E-state index in [0.717, 1.165) is 0 Å². The Balaban J connectivity index is 2.61. The third-order valence-corrected chi connectivity index (χ3v) is 3.05. The summed E-state index contributed by atoms with van der Waals surface area (Å²) >= 11 is 0. The first kappa shape index (κ1) is 16.9. The molecule has 0 fully saturated rings. The minimum absolute atomic E-state index is 0.00315. The van der Waals surface area contributed by atoms with E-state index in [1.165, 1.54) is 16.7 Å². The third kappa shape index (κ3) is 3.64. The largest absolute Gasteiger partial charge is 0.507 e. The van der Waals surface area contributed by atoms with Crippen LogP contribution in [0.4, 0.5) is 4.79 Å². The fourth-order valence-electron chi connectivity index (χ4n) is 2.22. The van der Waals surface area contributed by atoms with Crippen molar-refractivity contribution in [1.29, 1.82) is 0 Å². The molecule has 0 aliphatic carbocycles. The maximum atomic E-state index is 12.5. The molecule has 1 amide bonds. The highest BCUT2D eigenvalue weighted by atomic mass is 16.6. The van der Waals surface area contributed by atoms with Crippen LogP contribution in [0.3, 0.4) is 0 Å². The summed E-state index contributed by atoms with van der Waals surface area (Å²) < 4.78 is 6.58. The van der Waals surface area contributed by atoms with Gasteiger partial charge in [-0.1, -0.05) is 6.07 Å². The Bertz CT molecular complexity index is 754. The van der Waals surface area contributed by atoms with Crippen LogP contribution in [-0.4, -0.2) is 33.3 Å². The number of ether oxygens (including phenoxy) is 1. The lowest BCUT2D eigenvalue weighted by atomic mass is 10.2. The van der Waals surface area contributed by atoms with E-state index >= 15 is 0 Å². The standard InChI is InChI=1S/C17H22N2O4/c1-10(2)18-15(21)13-9-11-12(7-6-8-14(11)20)19(13)16(22)23-17(3,4)5/h6-10,20H,1-5H3,(H,18,21). The topological polar surface area (TPSA) is 80.6 Å². The second-order valence-corrected chi connectivity index (χ2v) is 6.68. The molecule has 0 bridgehead atoms. The van der Waals surface area contributed by atoms with Crippen LogP contribution in [0.2, 0.25) is 0 Å². The number of hydrogen-bond acceptors (Lipinski definition) is 4. The van der Waals surface area contributed by atoms with E-state index in [9.17, 15) is 14.7 Å². The fraction of sp³-hybridized carbons (Fsp3) is 0.412. The van der Waals surface area contributed by atoms with Gasteiger partial charge in [-0.2, -0.15) is 0 Å². The average molecular weight is 318 g/mol. The zero-order valence-electron chi connectivity index (χ0n) is 14.0. The summed E-state index contributed by atoms with van der Waals surface area (Å²) in [7, 11) is 0. The zero-order chi connectivity index (χ0) is 17.4. The second-order valence-electron chi connectivity index (χ2n) is 6.68. The lowest BCUT2D eigenvalue weighted by Gasteiger charge is -2.21. The summed E-state index contributed by atoms with van der Waals surface area (Å²) in [5, 5.41) is 13.2. The average Bonchev–Trinajstić information content (AvgIpc) is 2.76. The molecule has 2 rings (SSSR count). The number of nitrogens with zero attached hydrogens (tertiary/aromatic N) is 1. The maximum Gasteiger partial charge on any atom is 0.419 e. The van der Waals surface area contributed by atoms with Gasteiger partial charge in [0, 0.05) is 11.4 Å². The molecule has 2 N–H and O–H groups in total. The molecule has 0 saturated carbocycles. The predicted molar refractivity (Wildman–Crippen MR) is 87.8 cm³/mol. The predicted octanol–water partition coefficient (Wildman–Crippen LogP) is 3.27. The van der Waals surface area contributed by atoms with E-state index in [2.05, 4.69) is 5.32 Å². The molecular formula is C17H22N2O4. The van der Waals surface area contributed by atoms with Gasteiger partial charge in [0.1, 0.15) is 17.0 Å². The molecule has 1 aromatic heterocycles. The normalized spacial score (nSPS) is 11.7. The van der Waals surface area contributed by atoms with Gasteiger partial charge >= 0.3 is 6.09 Å². The number of carbonyl (C=O) groups is 2. The highest BCUT2D eigenvalue weighted by Gasteiger charge is 2.26. The van der Waals surface area contributed by atoms with Crippen LogP contribution in [0.25, 0.3) is 10.9 Å². The highest BCUT2D eigenvalue weighted by molar-refractivity contribution is 6.05. The molecule has 0 aliphatic rings. The third-order valence-electron chi connectivity index (χ3n) is 3.05.